The molecule has 0 bridgehead atoms. The van der Waals surface area contributed by atoms with Gasteiger partial charge in [-0.3, -0.25) is 0 Å². The van der Waals surface area contributed by atoms with Crippen LogP contribution in [0.3, 0.4) is 0 Å². The number of cyclic esters (lactones) is 1. The molecule has 0 N–H and O–H groups in total. The predicted molar refractivity (Wildman–Crippen MR) is 51.6 cm³/mol. The highest BCUT2D eigenvalue weighted by atomic mass is 28.4. The van der Waals surface area contributed by atoms with Crippen molar-refractivity contribution in [1.82, 2.24) is 4.90 Å². The van der Waals surface area contributed by atoms with Gasteiger partial charge in [0.05, 0.1) is 6.54 Å². The second-order valence-electron chi connectivity index (χ2n) is 3.87. The van der Waals surface area contributed by atoms with Crippen LogP contribution in [0, 0.1) is 0 Å². The third kappa shape index (κ3) is 2.76. The molecule has 74 valence electrons. The van der Waals surface area contributed by atoms with Gasteiger partial charge in [0.2, 0.25) is 8.32 Å². The van der Waals surface area contributed by atoms with Crippen LogP contribution in [0.15, 0.2) is 12.5 Å². The largest absolute Gasteiger partial charge is 0.533 e. The summed E-state index contributed by atoms with van der Waals surface area (Å²) in [4.78, 5) is 12.5. The quantitative estimate of drug-likeness (QED) is 0.516. The highest BCUT2D eigenvalue weighted by molar-refractivity contribution is 6.70. The van der Waals surface area contributed by atoms with Crippen molar-refractivity contribution in [2.24, 2.45) is 0 Å². The lowest BCUT2D eigenvalue weighted by atomic mass is 10.6. The summed E-state index contributed by atoms with van der Waals surface area (Å²) in [5.41, 5.74) is 0. The molecule has 0 aliphatic carbocycles. The number of nitrogens with zero attached hydrogens (tertiary/aromatic N) is 1. The van der Waals surface area contributed by atoms with Crippen molar-refractivity contribution in [1.29, 1.82) is 0 Å². The van der Waals surface area contributed by atoms with Crippen LogP contribution in [0.5, 0.6) is 0 Å². The monoisotopic (exact) mass is 201 g/mol. The molecule has 0 radical (unpaired) electrons. The van der Waals surface area contributed by atoms with Crippen molar-refractivity contribution in [3.8, 4) is 0 Å². The molecule has 0 aromatic rings. The topological polar surface area (TPSA) is 38.8 Å². The smallest absolute Gasteiger partial charge is 0.416 e. The molecule has 0 spiro atoms. The van der Waals surface area contributed by atoms with E-state index in [1.807, 2.05) is 19.6 Å². The van der Waals surface area contributed by atoms with Crippen LogP contribution in [0.2, 0.25) is 19.6 Å². The van der Waals surface area contributed by atoms with E-state index in [-0.39, 0.29) is 6.09 Å². The van der Waals surface area contributed by atoms with Gasteiger partial charge >= 0.3 is 6.09 Å². The van der Waals surface area contributed by atoms with Crippen molar-refractivity contribution < 1.29 is 14.0 Å². The molecule has 0 unspecified atom stereocenters. The molecule has 4 nitrogen and oxygen atoms in total. The lowest BCUT2D eigenvalue weighted by Crippen LogP contribution is -2.33. The Morgan fingerprint density at radius 3 is 2.62 bits per heavy atom. The summed E-state index contributed by atoms with van der Waals surface area (Å²) in [7, 11) is -1.67. The van der Waals surface area contributed by atoms with Gasteiger partial charge in [-0.15, -0.1) is 0 Å². The molecule has 1 amide bonds. The number of carbonyl (C=O) groups is 1. The molecule has 1 aliphatic heterocycles. The van der Waals surface area contributed by atoms with Crippen molar-refractivity contribution in [3.63, 3.8) is 0 Å². The Hall–Kier alpha value is -0.973. The predicted octanol–water partition coefficient (Wildman–Crippen LogP) is 1.76. The first-order chi connectivity index (χ1) is 5.90. The first-order valence-corrected chi connectivity index (χ1v) is 7.63. The summed E-state index contributed by atoms with van der Waals surface area (Å²) in [5.74, 6) is 0.418. The zero-order chi connectivity index (χ0) is 10.1. The first-order valence-electron chi connectivity index (χ1n) is 4.22. The number of rotatable bonds is 3. The second-order valence-corrected chi connectivity index (χ2v) is 8.30. The minimum absolute atomic E-state index is 0.358. The molecular formula is C8H15NO3Si. The number of hydrogen-bond acceptors (Lipinski definition) is 3. The van der Waals surface area contributed by atoms with Crippen LogP contribution in [0.1, 0.15) is 0 Å². The molecule has 0 atom stereocenters. The molecule has 1 fully saturated rings. The third-order valence-corrected chi connectivity index (χ3v) is 2.33. The van der Waals surface area contributed by atoms with E-state index in [1.54, 1.807) is 0 Å². The summed E-state index contributed by atoms with van der Waals surface area (Å²) >= 11 is 0. The van der Waals surface area contributed by atoms with Crippen LogP contribution in [0.25, 0.3) is 0 Å². The van der Waals surface area contributed by atoms with Gasteiger partial charge < -0.3 is 9.16 Å². The van der Waals surface area contributed by atoms with E-state index in [0.717, 1.165) is 0 Å². The molecule has 0 aromatic heterocycles. The number of amides is 1. The van der Waals surface area contributed by atoms with Gasteiger partial charge in [-0.05, 0) is 26.2 Å². The second kappa shape index (κ2) is 3.41. The van der Waals surface area contributed by atoms with E-state index in [9.17, 15) is 4.79 Å². The van der Waals surface area contributed by atoms with Crippen LogP contribution in [0.4, 0.5) is 4.79 Å². The Bertz CT molecular complexity index is 234. The Morgan fingerprint density at radius 1 is 1.62 bits per heavy atom. The normalized spacial score (nSPS) is 17.2. The van der Waals surface area contributed by atoms with Crippen molar-refractivity contribution in [2.75, 3.05) is 13.2 Å². The van der Waals surface area contributed by atoms with E-state index in [0.29, 0.717) is 19.0 Å². The highest BCUT2D eigenvalue weighted by Crippen LogP contribution is 2.16. The fourth-order valence-electron chi connectivity index (χ4n) is 1.03. The summed E-state index contributed by atoms with van der Waals surface area (Å²) < 4.78 is 10.3. The molecule has 1 saturated heterocycles. The van der Waals surface area contributed by atoms with Gasteiger partial charge in [-0.1, -0.05) is 0 Å². The fourth-order valence-corrected chi connectivity index (χ4v) is 1.85. The van der Waals surface area contributed by atoms with E-state index in [2.05, 4.69) is 6.58 Å². The summed E-state index contributed by atoms with van der Waals surface area (Å²) in [6, 6.07) is 0. The number of carbonyl (C=O) groups excluding carboxylic acids is 1. The Kier molecular flexibility index (Phi) is 2.65. The Balaban J connectivity index is 2.53. The minimum Gasteiger partial charge on any atom is -0.533 e. The van der Waals surface area contributed by atoms with Gasteiger partial charge in [-0.2, -0.15) is 0 Å². The summed E-state index contributed by atoms with van der Waals surface area (Å²) in [6.45, 7) is 10.8. The van der Waals surface area contributed by atoms with E-state index >= 15 is 0 Å². The van der Waals surface area contributed by atoms with Crippen molar-refractivity contribution in [2.45, 2.75) is 19.6 Å². The standard InChI is InChI=1S/C8H15NO3Si/c1-7(12-13(2,3)4)9-5-6-11-8(9)10/h1,5-6H2,2-4H3. The first kappa shape index (κ1) is 10.1. The Labute approximate surface area is 79.3 Å². The lowest BCUT2D eigenvalue weighted by Gasteiger charge is -2.24. The Morgan fingerprint density at radius 2 is 2.23 bits per heavy atom. The van der Waals surface area contributed by atoms with Crippen molar-refractivity contribution >= 4 is 14.4 Å². The van der Waals surface area contributed by atoms with Crippen LogP contribution in [-0.4, -0.2) is 32.5 Å². The summed E-state index contributed by atoms with van der Waals surface area (Å²) in [6.07, 6.45) is -0.358. The number of hydrogen-bond donors (Lipinski definition) is 0. The molecule has 0 aromatic carbocycles. The average molecular weight is 201 g/mol. The fraction of sp³-hybridized carbons (Fsp3) is 0.625. The highest BCUT2D eigenvalue weighted by Gasteiger charge is 2.28. The van der Waals surface area contributed by atoms with Gasteiger partial charge in [0.1, 0.15) is 6.61 Å². The summed E-state index contributed by atoms with van der Waals surface area (Å²) in [5, 5.41) is 0. The molecule has 5 heteroatoms. The molecular weight excluding hydrogens is 186 g/mol. The van der Waals surface area contributed by atoms with Gasteiger partial charge in [0, 0.05) is 0 Å². The zero-order valence-electron chi connectivity index (χ0n) is 8.29. The van der Waals surface area contributed by atoms with Crippen molar-refractivity contribution in [3.05, 3.63) is 12.5 Å². The van der Waals surface area contributed by atoms with Crippen LogP contribution in [-0.2, 0) is 9.16 Å². The maximum atomic E-state index is 11.1. The maximum absolute atomic E-state index is 11.1. The van der Waals surface area contributed by atoms with E-state index < -0.39 is 8.32 Å². The van der Waals surface area contributed by atoms with Crippen LogP contribution < -0.4 is 0 Å². The molecule has 1 aliphatic rings. The van der Waals surface area contributed by atoms with E-state index in [4.69, 9.17) is 9.16 Å². The van der Waals surface area contributed by atoms with Crippen LogP contribution >= 0.6 is 0 Å². The molecule has 1 rings (SSSR count). The number of ether oxygens (including phenoxy) is 1. The lowest BCUT2D eigenvalue weighted by molar-refractivity contribution is 0.154. The third-order valence-electron chi connectivity index (χ3n) is 1.49. The van der Waals surface area contributed by atoms with Gasteiger partial charge in [0.25, 0.3) is 0 Å². The maximum Gasteiger partial charge on any atom is 0.416 e. The zero-order valence-corrected chi connectivity index (χ0v) is 9.29. The molecule has 0 saturated carbocycles. The van der Waals surface area contributed by atoms with Gasteiger partial charge in [-0.25, -0.2) is 9.69 Å². The minimum atomic E-state index is -1.67. The van der Waals surface area contributed by atoms with Gasteiger partial charge in [0.15, 0.2) is 5.88 Å². The SMILES string of the molecule is C=C(O[Si](C)(C)C)N1CCOC1=O. The molecule has 1 heterocycles. The average Bonchev–Trinajstić information content (AvgIpc) is 2.30. The molecule has 13 heavy (non-hydrogen) atoms. The van der Waals surface area contributed by atoms with E-state index in [1.165, 1.54) is 4.90 Å².